The number of anilines is 4. The summed E-state index contributed by atoms with van der Waals surface area (Å²) in [5.74, 6) is 0.110. The Morgan fingerprint density at radius 2 is 1.79 bits per heavy atom. The predicted molar refractivity (Wildman–Crippen MR) is 133 cm³/mol. The zero-order chi connectivity index (χ0) is 23.7. The third kappa shape index (κ3) is 4.09. The first-order valence-electron chi connectivity index (χ1n) is 10.7. The van der Waals surface area contributed by atoms with Crippen LogP contribution >= 0.6 is 11.6 Å². The van der Waals surface area contributed by atoms with Crippen LogP contribution in [0.15, 0.2) is 79.1 Å². The number of rotatable bonds is 3. The van der Waals surface area contributed by atoms with Crippen LogP contribution in [-0.2, 0) is 6.54 Å². The van der Waals surface area contributed by atoms with Gasteiger partial charge in [-0.25, -0.2) is 4.98 Å². The maximum absolute atomic E-state index is 13.6. The van der Waals surface area contributed by atoms with Crippen LogP contribution < -0.4 is 15.5 Å². The molecule has 5 rings (SSSR count). The molecule has 0 saturated carbocycles. The molecular formula is C26H20ClN5O2. The Bertz CT molecular complexity index is 1420. The average molecular weight is 470 g/mol. The van der Waals surface area contributed by atoms with Gasteiger partial charge in [-0.05, 0) is 55.0 Å². The second kappa shape index (κ2) is 8.96. The molecule has 0 radical (unpaired) electrons. The molecule has 0 unspecified atom stereocenters. The lowest BCUT2D eigenvalue weighted by Crippen LogP contribution is -2.30. The van der Waals surface area contributed by atoms with Crippen LogP contribution in [0.3, 0.4) is 0 Å². The maximum Gasteiger partial charge on any atom is 0.274 e. The normalized spacial score (nSPS) is 12.1. The van der Waals surface area contributed by atoms with Gasteiger partial charge in [-0.2, -0.15) is 0 Å². The minimum Gasteiger partial charge on any atom is -0.338 e. The summed E-state index contributed by atoms with van der Waals surface area (Å²) in [6, 6.07) is 19.8. The largest absolute Gasteiger partial charge is 0.338 e. The molecule has 34 heavy (non-hydrogen) atoms. The SMILES string of the molecule is Cc1cccnc1C(=O)Nc1ccc(C(=O)N2Cc3cccnc3Nc3ccccc32)c(Cl)c1. The molecule has 2 aromatic heterocycles. The average Bonchev–Trinajstić information content (AvgIpc) is 3.01. The molecule has 2 amide bonds. The summed E-state index contributed by atoms with van der Waals surface area (Å²) in [6.07, 6.45) is 3.28. The summed E-state index contributed by atoms with van der Waals surface area (Å²) in [5.41, 5.74) is 4.29. The highest BCUT2D eigenvalue weighted by Gasteiger charge is 2.26. The van der Waals surface area contributed by atoms with Gasteiger partial charge in [-0.15, -0.1) is 0 Å². The van der Waals surface area contributed by atoms with Crippen molar-refractivity contribution in [2.75, 3.05) is 15.5 Å². The zero-order valence-corrected chi connectivity index (χ0v) is 19.0. The van der Waals surface area contributed by atoms with E-state index in [9.17, 15) is 9.59 Å². The van der Waals surface area contributed by atoms with Crippen LogP contribution in [0.1, 0.15) is 32.0 Å². The van der Waals surface area contributed by atoms with Crippen molar-refractivity contribution < 1.29 is 9.59 Å². The number of nitrogens with zero attached hydrogens (tertiary/aromatic N) is 3. The van der Waals surface area contributed by atoms with Gasteiger partial charge in [-0.3, -0.25) is 14.6 Å². The van der Waals surface area contributed by atoms with Gasteiger partial charge in [0.2, 0.25) is 0 Å². The number of amides is 2. The molecule has 8 heteroatoms. The van der Waals surface area contributed by atoms with E-state index in [1.807, 2.05) is 49.4 Å². The van der Waals surface area contributed by atoms with E-state index in [-0.39, 0.29) is 16.8 Å². The molecule has 2 N–H and O–H groups in total. The van der Waals surface area contributed by atoms with Crippen LogP contribution in [0.2, 0.25) is 5.02 Å². The Kier molecular flexibility index (Phi) is 5.69. The molecule has 0 bridgehead atoms. The zero-order valence-electron chi connectivity index (χ0n) is 18.2. The molecule has 168 valence electrons. The molecule has 0 fully saturated rings. The van der Waals surface area contributed by atoms with E-state index in [1.165, 1.54) is 0 Å². The minimum atomic E-state index is -0.343. The van der Waals surface area contributed by atoms with Gasteiger partial charge in [-0.1, -0.05) is 35.9 Å². The van der Waals surface area contributed by atoms with Crippen molar-refractivity contribution in [1.29, 1.82) is 0 Å². The van der Waals surface area contributed by atoms with Crippen molar-refractivity contribution >= 4 is 46.3 Å². The number of aryl methyl sites for hydroxylation is 1. The molecular weight excluding hydrogens is 450 g/mol. The maximum atomic E-state index is 13.6. The lowest BCUT2D eigenvalue weighted by Gasteiger charge is -2.23. The second-order valence-electron chi connectivity index (χ2n) is 7.86. The molecule has 7 nitrogen and oxygen atoms in total. The van der Waals surface area contributed by atoms with Crippen LogP contribution in [-0.4, -0.2) is 21.8 Å². The Morgan fingerprint density at radius 3 is 2.62 bits per heavy atom. The van der Waals surface area contributed by atoms with Gasteiger partial charge in [0.05, 0.1) is 28.5 Å². The van der Waals surface area contributed by atoms with Gasteiger partial charge in [0.15, 0.2) is 0 Å². The lowest BCUT2D eigenvalue weighted by atomic mass is 10.1. The molecule has 4 aromatic rings. The van der Waals surface area contributed by atoms with E-state index in [2.05, 4.69) is 20.6 Å². The Morgan fingerprint density at radius 1 is 1.00 bits per heavy atom. The van der Waals surface area contributed by atoms with Crippen molar-refractivity contribution in [3.05, 3.63) is 107 Å². The first-order valence-corrected chi connectivity index (χ1v) is 11.0. The summed E-state index contributed by atoms with van der Waals surface area (Å²) in [5, 5.41) is 6.35. The van der Waals surface area contributed by atoms with Gasteiger partial charge in [0.25, 0.3) is 11.8 Å². The Balaban J connectivity index is 1.45. The van der Waals surface area contributed by atoms with Crippen molar-refractivity contribution in [2.45, 2.75) is 13.5 Å². The summed E-state index contributed by atoms with van der Waals surface area (Å²) in [6.45, 7) is 2.15. The number of hydrogen-bond acceptors (Lipinski definition) is 5. The van der Waals surface area contributed by atoms with Gasteiger partial charge in [0, 0.05) is 23.6 Å². The fourth-order valence-electron chi connectivity index (χ4n) is 3.88. The predicted octanol–water partition coefficient (Wildman–Crippen LogP) is 5.59. The summed E-state index contributed by atoms with van der Waals surface area (Å²) < 4.78 is 0. The van der Waals surface area contributed by atoms with Gasteiger partial charge >= 0.3 is 0 Å². The Hall–Kier alpha value is -4.23. The first kappa shape index (κ1) is 21.6. The van der Waals surface area contributed by atoms with Gasteiger partial charge in [0.1, 0.15) is 11.5 Å². The van der Waals surface area contributed by atoms with Gasteiger partial charge < -0.3 is 15.5 Å². The number of halogens is 1. The smallest absolute Gasteiger partial charge is 0.274 e. The number of fused-ring (bicyclic) bond motifs is 2. The summed E-state index contributed by atoms with van der Waals surface area (Å²) in [4.78, 5) is 36.5. The van der Waals surface area contributed by atoms with Crippen LogP contribution in [0.4, 0.5) is 22.9 Å². The van der Waals surface area contributed by atoms with Crippen LogP contribution in [0.5, 0.6) is 0 Å². The topological polar surface area (TPSA) is 87.2 Å². The van der Waals surface area contributed by atoms with E-state index >= 15 is 0 Å². The summed E-state index contributed by atoms with van der Waals surface area (Å²) >= 11 is 6.53. The highest BCUT2D eigenvalue weighted by molar-refractivity contribution is 6.35. The molecule has 1 aliphatic heterocycles. The standard InChI is InChI=1S/C26H20ClN5O2/c1-16-6-4-12-28-23(16)25(33)30-18-10-11-19(20(27)14-18)26(34)32-15-17-7-5-13-29-24(17)31-21-8-2-3-9-22(21)32/h2-14H,15H2,1H3,(H,29,31)(H,30,33). The number of hydrogen-bond donors (Lipinski definition) is 2. The van der Waals surface area contributed by atoms with Crippen molar-refractivity contribution in [2.24, 2.45) is 0 Å². The first-order chi connectivity index (χ1) is 16.5. The molecule has 2 aromatic carbocycles. The molecule has 1 aliphatic rings. The lowest BCUT2D eigenvalue weighted by molar-refractivity contribution is 0.0984. The highest BCUT2D eigenvalue weighted by atomic mass is 35.5. The number of aromatic nitrogens is 2. The van der Waals surface area contributed by atoms with E-state index < -0.39 is 0 Å². The molecule has 0 aliphatic carbocycles. The molecule has 0 saturated heterocycles. The second-order valence-corrected chi connectivity index (χ2v) is 8.27. The van der Waals surface area contributed by atoms with Crippen molar-refractivity contribution in [1.82, 2.24) is 9.97 Å². The molecule has 0 atom stereocenters. The third-order valence-corrected chi connectivity index (χ3v) is 5.91. The fraction of sp³-hybridized carbons (Fsp3) is 0.0769. The highest BCUT2D eigenvalue weighted by Crippen LogP contribution is 2.36. The Labute approximate surface area is 201 Å². The quantitative estimate of drug-likeness (QED) is 0.408. The number of pyridine rings is 2. The van der Waals surface area contributed by atoms with Crippen LogP contribution in [0, 0.1) is 6.92 Å². The van der Waals surface area contributed by atoms with E-state index in [0.29, 0.717) is 29.3 Å². The number of carbonyl (C=O) groups excluding carboxylic acids is 2. The van der Waals surface area contributed by atoms with Crippen LogP contribution in [0.25, 0.3) is 0 Å². The fourth-order valence-corrected chi connectivity index (χ4v) is 4.14. The van der Waals surface area contributed by atoms with Crippen molar-refractivity contribution in [3.63, 3.8) is 0 Å². The van der Waals surface area contributed by atoms with E-state index in [0.717, 1.165) is 22.5 Å². The molecule has 3 heterocycles. The number of nitrogens with one attached hydrogen (secondary N) is 2. The minimum absolute atomic E-state index is 0.238. The monoisotopic (exact) mass is 469 g/mol. The van der Waals surface area contributed by atoms with E-state index in [1.54, 1.807) is 41.6 Å². The number of benzene rings is 2. The van der Waals surface area contributed by atoms with Crippen molar-refractivity contribution in [3.8, 4) is 0 Å². The van der Waals surface area contributed by atoms with E-state index in [4.69, 9.17) is 11.6 Å². The number of para-hydroxylation sites is 2. The summed E-state index contributed by atoms with van der Waals surface area (Å²) in [7, 11) is 0. The third-order valence-electron chi connectivity index (χ3n) is 5.59. The molecule has 0 spiro atoms. The number of carbonyl (C=O) groups is 2.